The van der Waals surface area contributed by atoms with Crippen molar-refractivity contribution in [1.82, 2.24) is 16.0 Å². The van der Waals surface area contributed by atoms with E-state index < -0.39 is 43.8 Å². The molecule has 0 radical (unpaired) electrons. The highest BCUT2D eigenvalue weighted by atomic mass is 35.5. The van der Waals surface area contributed by atoms with E-state index in [2.05, 4.69) is 25.4 Å². The molecule has 0 unspecified atom stereocenters. The monoisotopic (exact) mass is 610 g/mol. The van der Waals surface area contributed by atoms with Crippen LogP contribution in [0, 0.1) is 18.8 Å². The second-order valence-corrected chi connectivity index (χ2v) is 9.18. The van der Waals surface area contributed by atoms with Gasteiger partial charge in [0.1, 0.15) is 0 Å². The number of ether oxygens (including phenoxy) is 2. The first kappa shape index (κ1) is 39.2. The number of carbonyl (C=O) groups excluding carboxylic acids is 3. The summed E-state index contributed by atoms with van der Waals surface area (Å²) in [6.07, 6.45) is -11.4. The molecule has 0 fully saturated rings. The van der Waals surface area contributed by atoms with Gasteiger partial charge in [0.05, 0.1) is 6.04 Å². The van der Waals surface area contributed by atoms with Gasteiger partial charge in [-0.05, 0) is 30.9 Å². The molecule has 0 bridgehead atoms. The molecule has 2 atom stereocenters. The molecular weight excluding hydrogens is 574 g/mol. The van der Waals surface area contributed by atoms with E-state index in [9.17, 15) is 40.7 Å². The number of benzene rings is 1. The topological polar surface area (TPSA) is 132 Å². The molecule has 40 heavy (non-hydrogen) atoms. The molecule has 0 aromatic heterocycles. The lowest BCUT2D eigenvalue weighted by molar-refractivity contribution is -0.160. The second kappa shape index (κ2) is 18.4. The van der Waals surface area contributed by atoms with E-state index in [1.165, 1.54) is 0 Å². The van der Waals surface area contributed by atoms with Crippen LogP contribution >= 0.6 is 12.4 Å². The fourth-order valence-electron chi connectivity index (χ4n) is 2.64. The Morgan fingerprint density at radius 3 is 1.55 bits per heavy atom. The highest BCUT2D eigenvalue weighted by Gasteiger charge is 2.31. The Bertz CT molecular complexity index is 899. The Morgan fingerprint density at radius 1 is 0.800 bits per heavy atom. The number of amides is 3. The molecule has 3 amide bonds. The third-order valence-corrected chi connectivity index (χ3v) is 5.00. The molecule has 0 spiro atoms. The van der Waals surface area contributed by atoms with Crippen LogP contribution in [0.1, 0.15) is 43.6 Å². The number of nitrogens with two attached hydrogens (primary N) is 1. The number of rotatable bonds is 10. The van der Waals surface area contributed by atoms with Crippen molar-refractivity contribution in [3.8, 4) is 0 Å². The highest BCUT2D eigenvalue weighted by Crippen LogP contribution is 2.15. The molecule has 0 saturated heterocycles. The summed E-state index contributed by atoms with van der Waals surface area (Å²) < 4.78 is 79.1. The van der Waals surface area contributed by atoms with Crippen molar-refractivity contribution in [2.45, 2.75) is 59.1 Å². The second-order valence-electron chi connectivity index (χ2n) is 9.18. The zero-order valence-electron chi connectivity index (χ0n) is 22.7. The number of hydrogen-bond donors (Lipinski definition) is 4. The summed E-state index contributed by atoms with van der Waals surface area (Å²) in [5, 5.41) is 7.23. The van der Waals surface area contributed by atoms with Crippen LogP contribution in [-0.4, -0.2) is 68.8 Å². The minimum absolute atomic E-state index is 0. The van der Waals surface area contributed by atoms with Gasteiger partial charge in [0.2, 0.25) is 0 Å². The quantitative estimate of drug-likeness (QED) is 0.284. The molecule has 0 aliphatic carbocycles. The number of aryl methyl sites for hydroxylation is 1. The van der Waals surface area contributed by atoms with Gasteiger partial charge >= 0.3 is 24.5 Å². The lowest BCUT2D eigenvalue weighted by atomic mass is 10.0. The summed E-state index contributed by atoms with van der Waals surface area (Å²) in [6, 6.07) is 5.98. The fourth-order valence-corrected chi connectivity index (χ4v) is 2.64. The van der Waals surface area contributed by atoms with Gasteiger partial charge in [0.15, 0.2) is 13.2 Å². The van der Waals surface area contributed by atoms with Gasteiger partial charge in [-0.2, -0.15) is 26.3 Å². The maximum Gasteiger partial charge on any atom is 0.422 e. The van der Waals surface area contributed by atoms with Crippen molar-refractivity contribution in [1.29, 1.82) is 0 Å². The number of nitrogens with one attached hydrogen (secondary N) is 3. The smallest absolute Gasteiger partial charge is 0.422 e. The first-order valence-corrected chi connectivity index (χ1v) is 11.9. The van der Waals surface area contributed by atoms with Gasteiger partial charge in [-0.25, -0.2) is 9.59 Å². The van der Waals surface area contributed by atoms with Crippen LogP contribution in [0.4, 0.5) is 35.9 Å². The van der Waals surface area contributed by atoms with Crippen LogP contribution < -0.4 is 21.7 Å². The van der Waals surface area contributed by atoms with E-state index in [1.54, 1.807) is 52.0 Å². The van der Waals surface area contributed by atoms with Crippen molar-refractivity contribution in [3.05, 3.63) is 35.4 Å². The minimum Gasteiger partial charge on any atom is -0.440 e. The molecule has 1 aromatic rings. The van der Waals surface area contributed by atoms with Crippen LogP contribution in [0.5, 0.6) is 0 Å². The summed E-state index contributed by atoms with van der Waals surface area (Å²) in [5.74, 6) is -0.402. The van der Waals surface area contributed by atoms with Gasteiger partial charge < -0.3 is 31.2 Å². The zero-order chi connectivity index (χ0) is 30.4. The van der Waals surface area contributed by atoms with Crippen molar-refractivity contribution in [2.24, 2.45) is 17.6 Å². The van der Waals surface area contributed by atoms with Crippen LogP contribution in [0.2, 0.25) is 0 Å². The van der Waals surface area contributed by atoms with Crippen molar-refractivity contribution < 1.29 is 50.2 Å². The number of halogens is 7. The van der Waals surface area contributed by atoms with E-state index >= 15 is 0 Å². The molecule has 9 nitrogen and oxygen atoms in total. The van der Waals surface area contributed by atoms with Crippen LogP contribution in [0.25, 0.3) is 0 Å². The van der Waals surface area contributed by atoms with E-state index in [-0.39, 0.29) is 49.3 Å². The Balaban J connectivity index is 0. The van der Waals surface area contributed by atoms with Crippen molar-refractivity contribution in [2.75, 3.05) is 26.3 Å². The lowest BCUT2D eigenvalue weighted by Crippen LogP contribution is -2.47. The lowest BCUT2D eigenvalue weighted by Gasteiger charge is -2.22. The average Bonchev–Trinajstić information content (AvgIpc) is 2.81. The molecule has 0 heterocycles. The van der Waals surface area contributed by atoms with Gasteiger partial charge in [0, 0.05) is 24.7 Å². The summed E-state index contributed by atoms with van der Waals surface area (Å²) in [6.45, 7) is 6.01. The van der Waals surface area contributed by atoms with Crippen molar-refractivity contribution >= 4 is 30.5 Å². The molecule has 5 N–H and O–H groups in total. The maximum atomic E-state index is 12.0. The summed E-state index contributed by atoms with van der Waals surface area (Å²) >= 11 is 0. The van der Waals surface area contributed by atoms with E-state index in [4.69, 9.17) is 5.73 Å². The van der Waals surface area contributed by atoms with Gasteiger partial charge in [-0.1, -0.05) is 45.4 Å². The minimum atomic E-state index is -4.58. The SMILES string of the molecule is CC(C)[C@@H](CN)NC(=O)OCC(F)(F)F.Cc1ccc(C(=O)NC[C@@H](NC(=O)OCC(F)(F)F)C(C)C)cc1.Cl. The molecule has 1 rings (SSSR count). The maximum absolute atomic E-state index is 12.0. The first-order chi connectivity index (χ1) is 17.8. The molecule has 0 aliphatic rings. The van der Waals surface area contributed by atoms with Gasteiger partial charge in [-0.15, -0.1) is 12.4 Å². The fraction of sp³-hybridized carbons (Fsp3) is 0.625. The summed E-state index contributed by atoms with van der Waals surface area (Å²) in [5.41, 5.74) is 6.79. The normalized spacial score (nSPS) is 12.8. The largest absolute Gasteiger partial charge is 0.440 e. The number of alkyl carbamates (subject to hydrolysis) is 2. The molecule has 16 heteroatoms. The summed E-state index contributed by atoms with van der Waals surface area (Å²) in [4.78, 5) is 34.3. The predicted molar refractivity (Wildman–Crippen MR) is 138 cm³/mol. The molecule has 1 aromatic carbocycles. The molecule has 232 valence electrons. The van der Waals surface area contributed by atoms with Crippen LogP contribution in [0.3, 0.4) is 0 Å². The standard InChI is InChI=1S/C16H21F3N2O3.C8H15F3N2O2.ClH/c1-10(2)13(21-15(23)24-9-16(17,18)19)8-20-14(22)12-6-4-11(3)5-7-12;1-5(2)6(3-12)13-7(14)15-4-8(9,10)11;/h4-7,10,13H,8-9H2,1-3H3,(H,20,22)(H,21,23);5-6H,3-4,12H2,1-2H3,(H,13,14);1H/t13-;6-;/m11./s1. The molecule has 0 aliphatic heterocycles. The number of hydrogen-bond acceptors (Lipinski definition) is 6. The summed E-state index contributed by atoms with van der Waals surface area (Å²) in [7, 11) is 0. The van der Waals surface area contributed by atoms with Gasteiger partial charge in [0.25, 0.3) is 5.91 Å². The molecule has 0 saturated carbocycles. The van der Waals surface area contributed by atoms with E-state index in [1.807, 2.05) is 6.92 Å². The third kappa shape index (κ3) is 19.2. The Morgan fingerprint density at radius 2 is 1.20 bits per heavy atom. The van der Waals surface area contributed by atoms with E-state index in [0.29, 0.717) is 5.56 Å². The molecular formula is C24H37ClF6N4O5. The van der Waals surface area contributed by atoms with Crippen LogP contribution in [-0.2, 0) is 9.47 Å². The van der Waals surface area contributed by atoms with Gasteiger partial charge in [-0.3, -0.25) is 4.79 Å². The van der Waals surface area contributed by atoms with Crippen LogP contribution in [0.15, 0.2) is 24.3 Å². The number of carbonyl (C=O) groups is 3. The highest BCUT2D eigenvalue weighted by molar-refractivity contribution is 5.94. The Hall–Kier alpha value is -2.94. The average molecular weight is 611 g/mol. The zero-order valence-corrected chi connectivity index (χ0v) is 23.6. The van der Waals surface area contributed by atoms with E-state index in [0.717, 1.165) is 5.56 Å². The predicted octanol–water partition coefficient (Wildman–Crippen LogP) is 4.72. The van der Waals surface area contributed by atoms with Crippen molar-refractivity contribution in [3.63, 3.8) is 0 Å². The third-order valence-electron chi connectivity index (χ3n) is 5.00. The Labute approximate surface area is 235 Å². The number of alkyl halides is 6. The Kier molecular flexibility index (Phi) is 18.0. The first-order valence-electron chi connectivity index (χ1n) is 11.9.